The second-order valence-electron chi connectivity index (χ2n) is 3.63. The van der Waals surface area contributed by atoms with E-state index in [0.717, 1.165) is 12.1 Å². The van der Waals surface area contributed by atoms with Crippen LogP contribution in [0.2, 0.25) is 0 Å². The number of rotatable bonds is 5. The molecular weight excluding hydrogens is 210 g/mol. The van der Waals surface area contributed by atoms with Gasteiger partial charge < -0.3 is 5.11 Å². The van der Waals surface area contributed by atoms with Crippen LogP contribution in [0.4, 0.5) is 0 Å². The highest BCUT2D eigenvalue weighted by Gasteiger charge is 2.02. The predicted molar refractivity (Wildman–Crippen MR) is 62.0 cm³/mol. The second kappa shape index (κ2) is 5.68. The van der Waals surface area contributed by atoms with E-state index in [2.05, 4.69) is 16.3 Å². The fourth-order valence-corrected chi connectivity index (χ4v) is 2.09. The van der Waals surface area contributed by atoms with Crippen LogP contribution < -0.4 is 0 Å². The smallest absolute Gasteiger partial charge is 0.328 e. The highest BCUT2D eigenvalue weighted by Crippen LogP contribution is 2.09. The summed E-state index contributed by atoms with van der Waals surface area (Å²) in [6.45, 7) is 3.37. The van der Waals surface area contributed by atoms with Crippen molar-refractivity contribution in [1.82, 2.24) is 4.90 Å². The average Bonchev–Trinajstić information content (AvgIpc) is 2.53. The first kappa shape index (κ1) is 11.9. The van der Waals surface area contributed by atoms with E-state index in [1.165, 1.54) is 11.6 Å². The topological polar surface area (TPSA) is 40.5 Å². The van der Waals surface area contributed by atoms with Crippen molar-refractivity contribution in [2.75, 3.05) is 13.6 Å². The van der Waals surface area contributed by atoms with Crippen molar-refractivity contribution in [2.24, 2.45) is 0 Å². The second-order valence-corrected chi connectivity index (χ2v) is 4.41. The molecule has 4 heteroatoms. The van der Waals surface area contributed by atoms with Crippen LogP contribution >= 0.6 is 11.3 Å². The van der Waals surface area contributed by atoms with Crippen molar-refractivity contribution < 1.29 is 9.90 Å². The van der Waals surface area contributed by atoms with E-state index in [-0.39, 0.29) is 0 Å². The van der Waals surface area contributed by atoms with Crippen molar-refractivity contribution >= 4 is 17.3 Å². The van der Waals surface area contributed by atoms with Crippen molar-refractivity contribution in [3.8, 4) is 0 Å². The minimum Gasteiger partial charge on any atom is -0.478 e. The van der Waals surface area contributed by atoms with E-state index in [0.29, 0.717) is 6.54 Å². The Morgan fingerprint density at radius 2 is 2.40 bits per heavy atom. The van der Waals surface area contributed by atoms with E-state index >= 15 is 0 Å². The molecule has 0 aromatic carbocycles. The molecule has 0 amide bonds. The van der Waals surface area contributed by atoms with Crippen LogP contribution in [0.1, 0.15) is 12.5 Å². The fourth-order valence-electron chi connectivity index (χ4n) is 1.43. The lowest BCUT2D eigenvalue weighted by Gasteiger charge is -2.15. The Labute approximate surface area is 93.7 Å². The van der Waals surface area contributed by atoms with Gasteiger partial charge in [-0.05, 0) is 36.4 Å². The Morgan fingerprint density at radius 3 is 2.93 bits per heavy atom. The van der Waals surface area contributed by atoms with E-state index in [9.17, 15) is 4.79 Å². The molecule has 15 heavy (non-hydrogen) atoms. The molecule has 0 fully saturated rings. The van der Waals surface area contributed by atoms with Crippen molar-refractivity contribution in [1.29, 1.82) is 0 Å². The Hall–Kier alpha value is -1.13. The number of hydrogen-bond acceptors (Lipinski definition) is 3. The maximum absolute atomic E-state index is 10.4. The monoisotopic (exact) mass is 225 g/mol. The normalized spacial score (nSPS) is 12.1. The molecule has 1 aromatic rings. The van der Waals surface area contributed by atoms with Crippen LogP contribution in [-0.2, 0) is 11.3 Å². The van der Waals surface area contributed by atoms with E-state index in [4.69, 9.17) is 5.11 Å². The first-order chi connectivity index (χ1) is 7.08. The lowest BCUT2D eigenvalue weighted by atomic mass is 10.2. The van der Waals surface area contributed by atoms with Gasteiger partial charge in [0.15, 0.2) is 0 Å². The van der Waals surface area contributed by atoms with Crippen LogP contribution in [0.5, 0.6) is 0 Å². The summed E-state index contributed by atoms with van der Waals surface area (Å²) >= 11 is 1.68. The molecule has 1 rings (SSSR count). The molecule has 1 N–H and O–H groups in total. The Kier molecular flexibility index (Phi) is 4.52. The highest BCUT2D eigenvalue weighted by molar-refractivity contribution is 7.07. The third-order valence-electron chi connectivity index (χ3n) is 1.92. The van der Waals surface area contributed by atoms with E-state index in [1.807, 2.05) is 19.4 Å². The van der Waals surface area contributed by atoms with Gasteiger partial charge in [0, 0.05) is 19.2 Å². The number of carbonyl (C=O) groups is 1. The van der Waals surface area contributed by atoms with Crippen molar-refractivity contribution in [3.05, 3.63) is 34.0 Å². The quantitative estimate of drug-likeness (QED) is 0.781. The molecule has 82 valence electrons. The van der Waals surface area contributed by atoms with Crippen LogP contribution in [0, 0.1) is 0 Å². The number of likely N-dealkylation sites (N-methyl/N-ethyl adjacent to an activating group) is 1. The van der Waals surface area contributed by atoms with Gasteiger partial charge in [-0.2, -0.15) is 11.3 Å². The Bertz CT molecular complexity index is 343. The lowest BCUT2D eigenvalue weighted by Crippen LogP contribution is -2.19. The average molecular weight is 225 g/mol. The third kappa shape index (κ3) is 4.76. The summed E-state index contributed by atoms with van der Waals surface area (Å²) in [7, 11) is 1.98. The summed E-state index contributed by atoms with van der Waals surface area (Å²) in [4.78, 5) is 12.5. The number of nitrogens with zero attached hydrogens (tertiary/aromatic N) is 1. The zero-order valence-electron chi connectivity index (χ0n) is 8.93. The fraction of sp³-hybridized carbons (Fsp3) is 0.364. The molecule has 0 aliphatic heterocycles. The summed E-state index contributed by atoms with van der Waals surface area (Å²) in [6, 6.07) is 2.08. The molecule has 0 unspecified atom stereocenters. The largest absolute Gasteiger partial charge is 0.478 e. The zero-order chi connectivity index (χ0) is 11.3. The number of thiophene rings is 1. The predicted octanol–water partition coefficient (Wildman–Crippen LogP) is 2.21. The van der Waals surface area contributed by atoms with Crippen LogP contribution in [-0.4, -0.2) is 29.6 Å². The van der Waals surface area contributed by atoms with Gasteiger partial charge >= 0.3 is 5.97 Å². The first-order valence-corrected chi connectivity index (χ1v) is 5.62. The number of carboxylic acid groups (broad SMARTS) is 1. The van der Waals surface area contributed by atoms with Gasteiger partial charge in [-0.1, -0.05) is 5.57 Å². The van der Waals surface area contributed by atoms with Gasteiger partial charge in [-0.3, -0.25) is 4.90 Å². The summed E-state index contributed by atoms with van der Waals surface area (Å²) in [5, 5.41) is 12.7. The van der Waals surface area contributed by atoms with E-state index < -0.39 is 5.97 Å². The summed E-state index contributed by atoms with van der Waals surface area (Å²) in [5.41, 5.74) is 2.13. The lowest BCUT2D eigenvalue weighted by molar-refractivity contribution is -0.131. The molecule has 0 bridgehead atoms. The molecule has 1 aromatic heterocycles. The molecule has 0 saturated heterocycles. The van der Waals surface area contributed by atoms with Crippen molar-refractivity contribution in [3.63, 3.8) is 0 Å². The summed E-state index contributed by atoms with van der Waals surface area (Å²) in [5.74, 6) is -0.878. The molecule has 0 radical (unpaired) electrons. The first-order valence-electron chi connectivity index (χ1n) is 4.67. The molecule has 0 aliphatic rings. The van der Waals surface area contributed by atoms with Gasteiger partial charge in [0.25, 0.3) is 0 Å². The molecule has 3 nitrogen and oxygen atoms in total. The highest BCUT2D eigenvalue weighted by atomic mass is 32.1. The maximum atomic E-state index is 10.4. The van der Waals surface area contributed by atoms with Gasteiger partial charge in [0.2, 0.25) is 0 Å². The molecule has 0 aliphatic carbocycles. The molecule has 0 atom stereocenters. The van der Waals surface area contributed by atoms with E-state index in [1.54, 1.807) is 11.3 Å². The van der Waals surface area contributed by atoms with Gasteiger partial charge in [-0.25, -0.2) is 4.79 Å². The van der Waals surface area contributed by atoms with Gasteiger partial charge in [-0.15, -0.1) is 0 Å². The number of carboxylic acids is 1. The van der Waals surface area contributed by atoms with Gasteiger partial charge in [0.1, 0.15) is 0 Å². The minimum atomic E-state index is -0.878. The SMILES string of the molecule is CC(=CC(=O)O)CN(C)Cc1ccsc1. The van der Waals surface area contributed by atoms with Crippen molar-refractivity contribution in [2.45, 2.75) is 13.5 Å². The number of hydrogen-bond donors (Lipinski definition) is 1. The third-order valence-corrected chi connectivity index (χ3v) is 2.65. The standard InChI is InChI=1S/C11H15NO2S/c1-9(5-11(13)14)6-12(2)7-10-3-4-15-8-10/h3-5,8H,6-7H2,1-2H3,(H,13,14). The van der Waals surface area contributed by atoms with Crippen LogP contribution in [0.15, 0.2) is 28.5 Å². The summed E-state index contributed by atoms with van der Waals surface area (Å²) < 4.78 is 0. The van der Waals surface area contributed by atoms with Gasteiger partial charge in [0.05, 0.1) is 0 Å². The Morgan fingerprint density at radius 1 is 1.67 bits per heavy atom. The maximum Gasteiger partial charge on any atom is 0.328 e. The van der Waals surface area contributed by atoms with Crippen LogP contribution in [0.3, 0.4) is 0 Å². The molecular formula is C11H15NO2S. The molecule has 0 saturated carbocycles. The minimum absolute atomic E-state index is 0.683. The zero-order valence-corrected chi connectivity index (χ0v) is 9.75. The van der Waals surface area contributed by atoms with Crippen LogP contribution in [0.25, 0.3) is 0 Å². The molecule has 0 spiro atoms. The molecule has 1 heterocycles. The Balaban J connectivity index is 2.42. The summed E-state index contributed by atoms with van der Waals surface area (Å²) in [6.07, 6.45) is 1.25. The number of aliphatic carboxylic acids is 1.